The Balaban J connectivity index is 1.51. The highest BCUT2D eigenvalue weighted by Crippen LogP contribution is 2.33. The number of halogens is 1. The monoisotopic (exact) mass is 418 g/mol. The first kappa shape index (κ1) is 20.1. The van der Waals surface area contributed by atoms with Crippen LogP contribution in [0.4, 0.5) is 5.69 Å². The lowest BCUT2D eigenvalue weighted by atomic mass is 9.89. The van der Waals surface area contributed by atoms with Gasteiger partial charge in [0.15, 0.2) is 0 Å². The molecule has 1 saturated carbocycles. The number of hydrogen-bond donors (Lipinski definition) is 1. The van der Waals surface area contributed by atoms with E-state index in [2.05, 4.69) is 25.7 Å². The molecule has 1 saturated heterocycles. The number of nitrogens with zero attached hydrogens (tertiary/aromatic N) is 5. The van der Waals surface area contributed by atoms with E-state index in [1.807, 2.05) is 0 Å². The van der Waals surface area contributed by atoms with E-state index in [4.69, 9.17) is 16.3 Å². The zero-order valence-electron chi connectivity index (χ0n) is 16.6. The second-order valence-corrected chi connectivity index (χ2v) is 8.42. The molecule has 9 heteroatoms. The number of carbonyl (C=O) groups excluding carboxylic acids is 1. The third kappa shape index (κ3) is 4.70. The lowest BCUT2D eigenvalue weighted by Gasteiger charge is -2.30. The predicted octanol–water partition coefficient (Wildman–Crippen LogP) is 3.17. The average molecular weight is 419 g/mol. The SMILES string of the molecule is COc1ccc(Cl)cc1NC(=O)[C@@H]1C[C@@H](n2cnnn2)CN1CC1CCCCC1. The third-order valence-electron chi connectivity index (χ3n) is 6.06. The molecule has 1 aliphatic carbocycles. The van der Waals surface area contributed by atoms with Crippen molar-refractivity contribution in [1.29, 1.82) is 0 Å². The number of rotatable bonds is 6. The highest BCUT2D eigenvalue weighted by atomic mass is 35.5. The molecule has 29 heavy (non-hydrogen) atoms. The molecule has 156 valence electrons. The highest BCUT2D eigenvalue weighted by Gasteiger charge is 2.39. The summed E-state index contributed by atoms with van der Waals surface area (Å²) in [4.78, 5) is 15.5. The van der Waals surface area contributed by atoms with Crippen LogP contribution in [0.15, 0.2) is 24.5 Å². The van der Waals surface area contributed by atoms with Crippen LogP contribution in [0, 0.1) is 5.92 Å². The van der Waals surface area contributed by atoms with Crippen LogP contribution in [0.5, 0.6) is 5.75 Å². The summed E-state index contributed by atoms with van der Waals surface area (Å²) in [6.45, 7) is 1.70. The molecule has 4 rings (SSSR count). The van der Waals surface area contributed by atoms with Gasteiger partial charge in [-0.15, -0.1) is 5.10 Å². The van der Waals surface area contributed by atoms with Crippen molar-refractivity contribution in [2.75, 3.05) is 25.5 Å². The Hall–Kier alpha value is -2.19. The van der Waals surface area contributed by atoms with Gasteiger partial charge in [0.25, 0.3) is 0 Å². The van der Waals surface area contributed by atoms with Crippen LogP contribution in [0.1, 0.15) is 44.6 Å². The topological polar surface area (TPSA) is 85.2 Å². The van der Waals surface area contributed by atoms with Gasteiger partial charge >= 0.3 is 0 Å². The molecule has 1 N–H and O–H groups in total. The van der Waals surface area contributed by atoms with E-state index in [1.165, 1.54) is 32.1 Å². The zero-order valence-corrected chi connectivity index (χ0v) is 17.4. The number of tetrazole rings is 1. The van der Waals surface area contributed by atoms with Crippen LogP contribution in [0.2, 0.25) is 5.02 Å². The number of anilines is 1. The predicted molar refractivity (Wildman–Crippen MR) is 110 cm³/mol. The fourth-order valence-corrected chi connectivity index (χ4v) is 4.75. The van der Waals surface area contributed by atoms with Gasteiger partial charge in [0.1, 0.15) is 12.1 Å². The van der Waals surface area contributed by atoms with Gasteiger partial charge in [-0.3, -0.25) is 9.69 Å². The fraction of sp³-hybridized carbons (Fsp3) is 0.600. The van der Waals surface area contributed by atoms with E-state index in [-0.39, 0.29) is 18.0 Å². The van der Waals surface area contributed by atoms with Gasteiger partial charge in [0.2, 0.25) is 5.91 Å². The Kier molecular flexibility index (Phi) is 6.30. The number of nitrogens with one attached hydrogen (secondary N) is 1. The number of aromatic nitrogens is 4. The molecule has 2 fully saturated rings. The Morgan fingerprint density at radius 1 is 1.31 bits per heavy atom. The van der Waals surface area contributed by atoms with Gasteiger partial charge in [-0.25, -0.2) is 4.68 Å². The summed E-state index contributed by atoms with van der Waals surface area (Å²) in [5, 5.41) is 15.2. The standard InChI is InChI=1S/C20H27ClN6O2/c1-29-19-8-7-15(21)9-17(19)23-20(28)18-10-16(27-13-22-24-25-27)12-26(18)11-14-5-3-2-4-6-14/h7-9,13-14,16,18H,2-6,10-12H2,1H3,(H,23,28)/t16-,18+/m1/s1. The maximum absolute atomic E-state index is 13.2. The summed E-state index contributed by atoms with van der Waals surface area (Å²) in [6.07, 6.45) is 8.67. The molecule has 1 aromatic heterocycles. The molecule has 8 nitrogen and oxygen atoms in total. The maximum Gasteiger partial charge on any atom is 0.241 e. The van der Waals surface area contributed by atoms with E-state index >= 15 is 0 Å². The van der Waals surface area contributed by atoms with Crippen molar-refractivity contribution in [3.8, 4) is 5.75 Å². The first-order chi connectivity index (χ1) is 14.1. The zero-order chi connectivity index (χ0) is 20.2. The summed E-state index contributed by atoms with van der Waals surface area (Å²) in [5.41, 5.74) is 0.591. The number of ether oxygens (including phenoxy) is 1. The highest BCUT2D eigenvalue weighted by molar-refractivity contribution is 6.31. The molecular weight excluding hydrogens is 392 g/mol. The minimum atomic E-state index is -0.241. The molecule has 2 heterocycles. The number of carbonyl (C=O) groups is 1. The minimum absolute atomic E-state index is 0.0445. The van der Waals surface area contributed by atoms with Crippen LogP contribution in [-0.4, -0.2) is 57.3 Å². The van der Waals surface area contributed by atoms with Crippen molar-refractivity contribution in [2.45, 2.75) is 50.6 Å². The van der Waals surface area contributed by atoms with Crippen LogP contribution < -0.4 is 10.1 Å². The average Bonchev–Trinajstić information content (AvgIpc) is 3.39. The molecule has 0 radical (unpaired) electrons. The molecule has 1 amide bonds. The molecule has 0 unspecified atom stereocenters. The number of amides is 1. The van der Waals surface area contributed by atoms with E-state index < -0.39 is 0 Å². The van der Waals surface area contributed by atoms with E-state index in [1.54, 1.807) is 36.3 Å². The number of benzene rings is 1. The number of methoxy groups -OCH3 is 1. The lowest BCUT2D eigenvalue weighted by Crippen LogP contribution is -2.42. The van der Waals surface area contributed by atoms with Gasteiger partial charge in [0.05, 0.1) is 24.9 Å². The first-order valence-electron chi connectivity index (χ1n) is 10.2. The Morgan fingerprint density at radius 3 is 2.86 bits per heavy atom. The van der Waals surface area contributed by atoms with Crippen LogP contribution in [0.3, 0.4) is 0 Å². The van der Waals surface area contributed by atoms with Crippen molar-refractivity contribution in [1.82, 2.24) is 25.1 Å². The Morgan fingerprint density at radius 2 is 2.14 bits per heavy atom. The third-order valence-corrected chi connectivity index (χ3v) is 6.29. The summed E-state index contributed by atoms with van der Waals surface area (Å²) in [5.74, 6) is 1.20. The van der Waals surface area contributed by atoms with E-state index in [9.17, 15) is 4.79 Å². The maximum atomic E-state index is 13.2. The molecular formula is C20H27ClN6O2. The van der Waals surface area contributed by atoms with Gasteiger partial charge < -0.3 is 10.1 Å². The molecule has 1 aliphatic heterocycles. The Labute approximate surface area is 175 Å². The van der Waals surface area contributed by atoms with E-state index in [0.717, 1.165) is 13.1 Å². The molecule has 2 aromatic rings. The van der Waals surface area contributed by atoms with Crippen molar-refractivity contribution in [3.63, 3.8) is 0 Å². The van der Waals surface area contributed by atoms with Crippen LogP contribution in [0.25, 0.3) is 0 Å². The largest absolute Gasteiger partial charge is 0.495 e. The summed E-state index contributed by atoms with van der Waals surface area (Å²) in [6, 6.07) is 5.07. The Bertz CT molecular complexity index is 824. The van der Waals surface area contributed by atoms with Crippen LogP contribution in [-0.2, 0) is 4.79 Å². The van der Waals surface area contributed by atoms with Gasteiger partial charge in [-0.05, 0) is 53.8 Å². The number of hydrogen-bond acceptors (Lipinski definition) is 6. The molecule has 2 atom stereocenters. The van der Waals surface area contributed by atoms with Crippen LogP contribution >= 0.6 is 11.6 Å². The van der Waals surface area contributed by atoms with Crippen molar-refractivity contribution < 1.29 is 9.53 Å². The molecule has 2 aliphatic rings. The lowest BCUT2D eigenvalue weighted by molar-refractivity contribution is -0.120. The smallest absolute Gasteiger partial charge is 0.241 e. The second kappa shape index (κ2) is 9.09. The summed E-state index contributed by atoms with van der Waals surface area (Å²) < 4.78 is 7.14. The minimum Gasteiger partial charge on any atom is -0.495 e. The van der Waals surface area contributed by atoms with Gasteiger partial charge in [0, 0.05) is 18.1 Å². The van der Waals surface area contributed by atoms with E-state index in [0.29, 0.717) is 28.8 Å². The fourth-order valence-electron chi connectivity index (χ4n) is 4.58. The van der Waals surface area contributed by atoms with Crippen molar-refractivity contribution >= 4 is 23.2 Å². The van der Waals surface area contributed by atoms with Gasteiger partial charge in [-0.2, -0.15) is 0 Å². The molecule has 1 aromatic carbocycles. The molecule has 0 spiro atoms. The van der Waals surface area contributed by atoms with Gasteiger partial charge in [-0.1, -0.05) is 30.9 Å². The summed E-state index contributed by atoms with van der Waals surface area (Å²) >= 11 is 6.12. The normalized spacial score (nSPS) is 23.2. The van der Waals surface area contributed by atoms with Crippen molar-refractivity contribution in [2.24, 2.45) is 5.92 Å². The molecule has 0 bridgehead atoms. The quantitative estimate of drug-likeness (QED) is 0.775. The number of likely N-dealkylation sites (tertiary alicyclic amines) is 1. The summed E-state index contributed by atoms with van der Waals surface area (Å²) in [7, 11) is 1.58. The second-order valence-electron chi connectivity index (χ2n) is 7.99. The van der Waals surface area contributed by atoms with Crippen molar-refractivity contribution in [3.05, 3.63) is 29.5 Å². The first-order valence-corrected chi connectivity index (χ1v) is 10.6.